The summed E-state index contributed by atoms with van der Waals surface area (Å²) in [4.78, 5) is 13.6. The number of benzene rings is 1. The lowest BCUT2D eigenvalue weighted by Gasteiger charge is -2.28. The number of rotatable bonds is 3. The van der Waals surface area contributed by atoms with Gasteiger partial charge < -0.3 is 10.4 Å². The van der Waals surface area contributed by atoms with Gasteiger partial charge in [-0.1, -0.05) is 24.3 Å². The monoisotopic (exact) mass is 300 g/mol. The second-order valence-electron chi connectivity index (χ2n) is 4.70. The van der Waals surface area contributed by atoms with E-state index in [1.165, 1.54) is 11.1 Å². The van der Waals surface area contributed by atoms with Gasteiger partial charge in [0.05, 0.1) is 5.37 Å². The minimum absolute atomic E-state index is 0. The van der Waals surface area contributed by atoms with Gasteiger partial charge in [0.1, 0.15) is 6.04 Å². The Bertz CT molecular complexity index is 441. The summed E-state index contributed by atoms with van der Waals surface area (Å²) >= 11 is 1.71. The number of halogens is 1. The molecule has 0 amide bonds. The molecular weight excluding hydrogens is 284 g/mol. The SMILES string of the molecule is Cl.O=C(O)C(C1NCCS1)N1Cc2ccccc2C1. The minimum Gasteiger partial charge on any atom is -0.480 e. The number of thioether (sulfide) groups is 1. The molecule has 3 rings (SSSR count). The number of hydrogen-bond acceptors (Lipinski definition) is 4. The van der Waals surface area contributed by atoms with Gasteiger partial charge in [0.25, 0.3) is 0 Å². The van der Waals surface area contributed by atoms with E-state index in [1.54, 1.807) is 11.8 Å². The second kappa shape index (κ2) is 6.13. The van der Waals surface area contributed by atoms with Crippen molar-refractivity contribution < 1.29 is 9.90 Å². The van der Waals surface area contributed by atoms with Crippen LogP contribution >= 0.6 is 24.2 Å². The molecule has 2 heterocycles. The van der Waals surface area contributed by atoms with Gasteiger partial charge in [-0.3, -0.25) is 9.69 Å². The molecule has 0 saturated carbocycles. The first kappa shape index (κ1) is 14.7. The van der Waals surface area contributed by atoms with Crippen molar-refractivity contribution in [2.24, 2.45) is 0 Å². The van der Waals surface area contributed by atoms with Gasteiger partial charge in [0.15, 0.2) is 0 Å². The standard InChI is InChI=1S/C13H16N2O2S.ClH/c16-13(17)11(12-14-5-6-18-12)15-7-9-3-1-2-4-10(9)8-15;/h1-4,11-12,14H,5-8H2,(H,16,17);1H. The van der Waals surface area contributed by atoms with E-state index in [2.05, 4.69) is 22.3 Å². The number of fused-ring (bicyclic) bond motifs is 1. The van der Waals surface area contributed by atoms with E-state index >= 15 is 0 Å². The fraction of sp³-hybridized carbons (Fsp3) is 0.462. The molecule has 1 aromatic rings. The lowest BCUT2D eigenvalue weighted by molar-refractivity contribution is -0.143. The molecule has 19 heavy (non-hydrogen) atoms. The predicted molar refractivity (Wildman–Crippen MR) is 78.6 cm³/mol. The molecule has 0 bridgehead atoms. The average Bonchev–Trinajstić information content (AvgIpc) is 2.97. The van der Waals surface area contributed by atoms with Gasteiger partial charge in [0.2, 0.25) is 0 Å². The van der Waals surface area contributed by atoms with E-state index in [9.17, 15) is 9.90 Å². The molecule has 2 aliphatic heterocycles. The molecule has 0 radical (unpaired) electrons. The summed E-state index contributed by atoms with van der Waals surface area (Å²) in [6.45, 7) is 2.39. The van der Waals surface area contributed by atoms with Crippen molar-refractivity contribution in [3.8, 4) is 0 Å². The zero-order valence-electron chi connectivity index (χ0n) is 10.4. The molecule has 0 aromatic heterocycles. The Morgan fingerprint density at radius 3 is 2.47 bits per heavy atom. The molecular formula is C13H17ClN2O2S. The Morgan fingerprint density at radius 2 is 2.00 bits per heavy atom. The van der Waals surface area contributed by atoms with Crippen LogP contribution in [0.3, 0.4) is 0 Å². The molecule has 1 aromatic carbocycles. The van der Waals surface area contributed by atoms with E-state index in [1.807, 2.05) is 12.1 Å². The van der Waals surface area contributed by atoms with Crippen molar-refractivity contribution in [1.82, 2.24) is 10.2 Å². The lowest BCUT2D eigenvalue weighted by atomic mass is 10.1. The second-order valence-corrected chi connectivity index (χ2v) is 5.95. The van der Waals surface area contributed by atoms with Crippen LogP contribution in [0.2, 0.25) is 0 Å². The Kier molecular flexibility index (Phi) is 4.73. The number of hydrogen-bond donors (Lipinski definition) is 2. The van der Waals surface area contributed by atoms with E-state index in [0.29, 0.717) is 0 Å². The van der Waals surface area contributed by atoms with Crippen LogP contribution < -0.4 is 5.32 Å². The highest BCUT2D eigenvalue weighted by Gasteiger charge is 2.38. The maximum atomic E-state index is 11.5. The van der Waals surface area contributed by atoms with Crippen LogP contribution in [-0.4, -0.2) is 39.7 Å². The molecule has 1 saturated heterocycles. The maximum absolute atomic E-state index is 11.5. The predicted octanol–water partition coefficient (Wildman–Crippen LogP) is 1.54. The van der Waals surface area contributed by atoms with Gasteiger partial charge in [-0.15, -0.1) is 24.2 Å². The van der Waals surface area contributed by atoms with Crippen molar-refractivity contribution in [2.45, 2.75) is 24.5 Å². The van der Waals surface area contributed by atoms with Crippen LogP contribution in [-0.2, 0) is 17.9 Å². The van der Waals surface area contributed by atoms with Crippen LogP contribution in [0, 0.1) is 0 Å². The van der Waals surface area contributed by atoms with Crippen molar-refractivity contribution >= 4 is 30.1 Å². The molecule has 1 fully saturated rings. The highest BCUT2D eigenvalue weighted by Crippen LogP contribution is 2.29. The van der Waals surface area contributed by atoms with E-state index < -0.39 is 12.0 Å². The molecule has 4 nitrogen and oxygen atoms in total. The third-order valence-electron chi connectivity index (χ3n) is 3.54. The van der Waals surface area contributed by atoms with Gasteiger partial charge in [-0.25, -0.2) is 0 Å². The first-order valence-electron chi connectivity index (χ1n) is 6.14. The van der Waals surface area contributed by atoms with Crippen molar-refractivity contribution in [3.05, 3.63) is 35.4 Å². The number of carboxylic acids is 1. The Balaban J connectivity index is 0.00000133. The van der Waals surface area contributed by atoms with Crippen molar-refractivity contribution in [1.29, 1.82) is 0 Å². The Labute approximate surface area is 123 Å². The highest BCUT2D eigenvalue weighted by atomic mass is 35.5. The maximum Gasteiger partial charge on any atom is 0.323 e. The third-order valence-corrected chi connectivity index (χ3v) is 4.77. The number of nitrogens with one attached hydrogen (secondary N) is 1. The number of carboxylic acid groups (broad SMARTS) is 1. The third kappa shape index (κ3) is 2.89. The summed E-state index contributed by atoms with van der Waals surface area (Å²) in [6, 6.07) is 7.76. The Hall–Kier alpha value is -0.750. The molecule has 2 unspecified atom stereocenters. The van der Waals surface area contributed by atoms with Gasteiger partial charge in [-0.2, -0.15) is 0 Å². The first-order chi connectivity index (χ1) is 8.75. The Morgan fingerprint density at radius 1 is 1.37 bits per heavy atom. The van der Waals surface area contributed by atoms with Gasteiger partial charge >= 0.3 is 5.97 Å². The van der Waals surface area contributed by atoms with Crippen molar-refractivity contribution in [2.75, 3.05) is 12.3 Å². The van der Waals surface area contributed by atoms with Crippen molar-refractivity contribution in [3.63, 3.8) is 0 Å². The molecule has 104 valence electrons. The van der Waals surface area contributed by atoms with Crippen LogP contribution in [0.1, 0.15) is 11.1 Å². The van der Waals surface area contributed by atoms with Crippen LogP contribution in [0.5, 0.6) is 0 Å². The molecule has 0 aliphatic carbocycles. The molecule has 0 spiro atoms. The molecule has 2 aliphatic rings. The summed E-state index contributed by atoms with van der Waals surface area (Å²) in [6.07, 6.45) is 0. The van der Waals surface area contributed by atoms with Gasteiger partial charge in [0, 0.05) is 25.4 Å². The zero-order chi connectivity index (χ0) is 12.5. The lowest BCUT2D eigenvalue weighted by Crippen LogP contribution is -2.49. The highest BCUT2D eigenvalue weighted by molar-refractivity contribution is 8.00. The van der Waals surface area contributed by atoms with E-state index in [4.69, 9.17) is 0 Å². The van der Waals surface area contributed by atoms with E-state index in [0.717, 1.165) is 25.4 Å². The summed E-state index contributed by atoms with van der Waals surface area (Å²) in [5.74, 6) is 0.268. The largest absolute Gasteiger partial charge is 0.480 e. The normalized spacial score (nSPS) is 23.7. The smallest absolute Gasteiger partial charge is 0.323 e. The molecule has 2 atom stereocenters. The molecule has 2 N–H and O–H groups in total. The fourth-order valence-corrected chi connectivity index (χ4v) is 3.88. The number of aliphatic carboxylic acids is 1. The number of carbonyl (C=O) groups is 1. The first-order valence-corrected chi connectivity index (χ1v) is 7.19. The molecule has 6 heteroatoms. The van der Waals surface area contributed by atoms with Crippen LogP contribution in [0.25, 0.3) is 0 Å². The van der Waals surface area contributed by atoms with Gasteiger partial charge in [-0.05, 0) is 11.1 Å². The minimum atomic E-state index is -0.727. The summed E-state index contributed by atoms with van der Waals surface area (Å²) < 4.78 is 0. The number of nitrogens with zero attached hydrogens (tertiary/aromatic N) is 1. The fourth-order valence-electron chi connectivity index (χ4n) is 2.68. The van der Waals surface area contributed by atoms with Crippen LogP contribution in [0.15, 0.2) is 24.3 Å². The summed E-state index contributed by atoms with van der Waals surface area (Å²) in [7, 11) is 0. The topological polar surface area (TPSA) is 52.6 Å². The van der Waals surface area contributed by atoms with Crippen LogP contribution in [0.4, 0.5) is 0 Å². The quantitative estimate of drug-likeness (QED) is 0.887. The summed E-state index contributed by atoms with van der Waals surface area (Å²) in [5.41, 5.74) is 2.51. The average molecular weight is 301 g/mol. The summed E-state index contributed by atoms with van der Waals surface area (Å²) in [5, 5.41) is 12.8. The van der Waals surface area contributed by atoms with E-state index in [-0.39, 0.29) is 17.8 Å². The zero-order valence-corrected chi connectivity index (χ0v) is 12.0.